The first-order valence-electron chi connectivity index (χ1n) is 25.0. The summed E-state index contributed by atoms with van der Waals surface area (Å²) in [5, 5.41) is 6.28. The van der Waals surface area contributed by atoms with Gasteiger partial charge in [-0.3, -0.25) is 0 Å². The Labute approximate surface area is 418 Å². The van der Waals surface area contributed by atoms with E-state index in [1.807, 2.05) is 13.8 Å². The van der Waals surface area contributed by atoms with E-state index in [1.165, 1.54) is 88.7 Å². The van der Waals surface area contributed by atoms with Crippen LogP contribution in [0.2, 0.25) is 0 Å². The SMILES string of the molecule is C1=CCC(c2cccc(-n3c4ccccc4c4ccccc43)c2)C=C1.CC.c1ccc(-c2ccc(-c3cccc(Nc4ccc(C5(c6ccccc6)c6ccccc6-c6ccccc65)cc4)c3)cc2)cc1. The lowest BCUT2D eigenvalue weighted by atomic mass is 9.68. The largest absolute Gasteiger partial charge is 0.356 e. The standard InChI is InChI=1S/C43H31N.C24H19N.C2H6/c1-3-12-31(13-4-1)32-22-24-33(25-23-32)34-14-11-17-38(30-34)44-37-28-26-36(27-29-37)43(35-15-5-2-6-16-35)41-20-9-7-18-39(41)40-19-8-10-21-42(40)43;1-2-9-18(10-3-1)19-11-8-12-20(17-19)25-23-15-6-4-13-21(23)22-14-5-7-16-24(22)25;1-2/h1-30,44H;1-9,11-18H,10H2;1-2H3. The second kappa shape index (κ2) is 20.1. The summed E-state index contributed by atoms with van der Waals surface area (Å²) in [6.45, 7) is 4.00. The summed E-state index contributed by atoms with van der Waals surface area (Å²) in [6, 6.07) is 92.0. The lowest BCUT2D eigenvalue weighted by Gasteiger charge is -2.34. The Balaban J connectivity index is 0.000000171. The van der Waals surface area contributed by atoms with Gasteiger partial charge in [0.1, 0.15) is 0 Å². The Morgan fingerprint density at radius 3 is 1.56 bits per heavy atom. The number of benzene rings is 10. The molecule has 0 amide bonds. The van der Waals surface area contributed by atoms with E-state index in [9.17, 15) is 0 Å². The van der Waals surface area contributed by atoms with Gasteiger partial charge in [0.05, 0.1) is 16.4 Å². The minimum Gasteiger partial charge on any atom is -0.356 e. The fraction of sp³-hybridized carbons (Fsp3) is 0.0725. The Morgan fingerprint density at radius 1 is 0.408 bits per heavy atom. The summed E-state index contributed by atoms with van der Waals surface area (Å²) >= 11 is 0. The van der Waals surface area contributed by atoms with Crippen LogP contribution in [0.15, 0.2) is 279 Å². The number of fused-ring (bicyclic) bond motifs is 6. The lowest BCUT2D eigenvalue weighted by Crippen LogP contribution is -2.28. The van der Waals surface area contributed by atoms with Crippen molar-refractivity contribution in [1.82, 2.24) is 4.57 Å². The molecule has 2 heteroatoms. The topological polar surface area (TPSA) is 17.0 Å². The zero-order valence-electron chi connectivity index (χ0n) is 40.3. The molecule has 1 unspecified atom stereocenters. The number of nitrogens with one attached hydrogen (secondary N) is 1. The van der Waals surface area contributed by atoms with Gasteiger partial charge in [-0.1, -0.05) is 244 Å². The summed E-state index contributed by atoms with van der Waals surface area (Å²) in [5.74, 6) is 0.470. The molecule has 0 saturated heterocycles. The smallest absolute Gasteiger partial charge is 0.0713 e. The average Bonchev–Trinajstić information content (AvgIpc) is 3.96. The number of para-hydroxylation sites is 2. The number of allylic oxidation sites excluding steroid dienone is 4. The summed E-state index contributed by atoms with van der Waals surface area (Å²) in [5.41, 5.74) is 19.6. The monoisotopic (exact) mass is 912 g/mol. The van der Waals surface area contributed by atoms with Gasteiger partial charge in [-0.2, -0.15) is 0 Å². The number of hydrogen-bond donors (Lipinski definition) is 1. The van der Waals surface area contributed by atoms with Crippen LogP contribution in [0.1, 0.15) is 54.0 Å². The highest BCUT2D eigenvalue weighted by atomic mass is 15.0. The molecule has 2 aliphatic carbocycles. The highest BCUT2D eigenvalue weighted by Gasteiger charge is 2.45. The van der Waals surface area contributed by atoms with Crippen LogP contribution in [0.4, 0.5) is 11.4 Å². The van der Waals surface area contributed by atoms with Crippen molar-refractivity contribution in [3.63, 3.8) is 0 Å². The van der Waals surface area contributed by atoms with Crippen LogP contribution in [0, 0.1) is 0 Å². The van der Waals surface area contributed by atoms with Gasteiger partial charge in [0.25, 0.3) is 0 Å². The average molecular weight is 913 g/mol. The summed E-state index contributed by atoms with van der Waals surface area (Å²) in [6.07, 6.45) is 9.91. The third-order valence-electron chi connectivity index (χ3n) is 14.1. The number of rotatable bonds is 8. The van der Waals surface area contributed by atoms with Crippen LogP contribution in [0.5, 0.6) is 0 Å². The molecule has 1 heterocycles. The lowest BCUT2D eigenvalue weighted by molar-refractivity contribution is 0.768. The molecule has 0 radical (unpaired) electrons. The van der Waals surface area contributed by atoms with Crippen molar-refractivity contribution in [2.24, 2.45) is 0 Å². The minimum absolute atomic E-state index is 0.376. The highest BCUT2D eigenvalue weighted by molar-refractivity contribution is 6.09. The maximum Gasteiger partial charge on any atom is 0.0713 e. The fourth-order valence-electron chi connectivity index (χ4n) is 10.9. The second-order valence-electron chi connectivity index (χ2n) is 18.1. The fourth-order valence-corrected chi connectivity index (χ4v) is 10.9. The molecule has 71 heavy (non-hydrogen) atoms. The zero-order valence-corrected chi connectivity index (χ0v) is 40.3. The third-order valence-corrected chi connectivity index (χ3v) is 14.1. The van der Waals surface area contributed by atoms with Gasteiger partial charge in [0.15, 0.2) is 0 Å². The molecule has 0 spiro atoms. The van der Waals surface area contributed by atoms with Crippen molar-refractivity contribution in [2.75, 3.05) is 5.32 Å². The van der Waals surface area contributed by atoms with Crippen molar-refractivity contribution in [2.45, 2.75) is 31.6 Å². The van der Waals surface area contributed by atoms with Crippen LogP contribution >= 0.6 is 0 Å². The first-order chi connectivity index (χ1) is 35.2. The molecule has 0 aliphatic heterocycles. The summed E-state index contributed by atoms with van der Waals surface area (Å²) in [7, 11) is 0. The van der Waals surface area contributed by atoms with Crippen LogP contribution in [-0.2, 0) is 5.41 Å². The van der Waals surface area contributed by atoms with E-state index >= 15 is 0 Å². The zero-order chi connectivity index (χ0) is 48.0. The molecule has 2 aliphatic rings. The molecule has 0 fully saturated rings. The Hall–Kier alpha value is -8.72. The van der Waals surface area contributed by atoms with Gasteiger partial charge in [0.2, 0.25) is 0 Å². The van der Waals surface area contributed by atoms with E-state index in [2.05, 4.69) is 289 Å². The molecule has 342 valence electrons. The maximum atomic E-state index is 3.66. The first kappa shape index (κ1) is 44.8. The predicted octanol–water partition coefficient (Wildman–Crippen LogP) is 18.5. The van der Waals surface area contributed by atoms with Gasteiger partial charge >= 0.3 is 0 Å². The van der Waals surface area contributed by atoms with Crippen LogP contribution in [-0.4, -0.2) is 4.57 Å². The molecule has 2 nitrogen and oxygen atoms in total. The molecule has 10 aromatic carbocycles. The van der Waals surface area contributed by atoms with Crippen molar-refractivity contribution in [3.05, 3.63) is 307 Å². The number of anilines is 2. The first-order valence-corrected chi connectivity index (χ1v) is 25.0. The van der Waals surface area contributed by atoms with Crippen LogP contribution < -0.4 is 5.32 Å². The predicted molar refractivity (Wildman–Crippen MR) is 302 cm³/mol. The molecule has 1 atom stereocenters. The molecule has 1 N–H and O–H groups in total. The molecule has 0 saturated carbocycles. The van der Waals surface area contributed by atoms with Gasteiger partial charge < -0.3 is 9.88 Å². The van der Waals surface area contributed by atoms with Gasteiger partial charge in [-0.25, -0.2) is 0 Å². The summed E-state index contributed by atoms with van der Waals surface area (Å²) in [4.78, 5) is 0. The van der Waals surface area contributed by atoms with E-state index in [4.69, 9.17) is 0 Å². The van der Waals surface area contributed by atoms with E-state index < -0.39 is 0 Å². The van der Waals surface area contributed by atoms with Gasteiger partial charge in [0, 0.05) is 33.8 Å². The number of nitrogens with zero attached hydrogens (tertiary/aromatic N) is 1. The molecular weight excluding hydrogens is 857 g/mol. The molecule has 0 bridgehead atoms. The van der Waals surface area contributed by atoms with E-state index in [-0.39, 0.29) is 5.41 Å². The quantitative estimate of drug-likeness (QED) is 0.161. The van der Waals surface area contributed by atoms with Gasteiger partial charge in [-0.15, -0.1) is 0 Å². The minimum atomic E-state index is -0.376. The number of hydrogen-bond acceptors (Lipinski definition) is 1. The van der Waals surface area contributed by atoms with Crippen molar-refractivity contribution in [1.29, 1.82) is 0 Å². The van der Waals surface area contributed by atoms with Crippen LogP contribution in [0.25, 0.3) is 60.9 Å². The molecular formula is C69H56N2. The van der Waals surface area contributed by atoms with Crippen molar-refractivity contribution in [3.8, 4) is 39.1 Å². The van der Waals surface area contributed by atoms with E-state index in [0.717, 1.165) is 17.8 Å². The maximum absolute atomic E-state index is 3.66. The van der Waals surface area contributed by atoms with E-state index in [0.29, 0.717) is 5.92 Å². The third kappa shape index (κ3) is 8.49. The van der Waals surface area contributed by atoms with Crippen LogP contribution in [0.3, 0.4) is 0 Å². The highest BCUT2D eigenvalue weighted by Crippen LogP contribution is 2.56. The Bertz CT molecular complexity index is 3550. The molecule has 11 aromatic rings. The molecule has 13 rings (SSSR count). The second-order valence-corrected chi connectivity index (χ2v) is 18.1. The number of aromatic nitrogens is 1. The Morgan fingerprint density at radius 2 is 0.930 bits per heavy atom. The molecule has 1 aromatic heterocycles. The Kier molecular flexibility index (Phi) is 12.7. The van der Waals surface area contributed by atoms with Crippen molar-refractivity contribution >= 4 is 33.2 Å². The van der Waals surface area contributed by atoms with Gasteiger partial charge in [-0.05, 0) is 116 Å². The van der Waals surface area contributed by atoms with Crippen molar-refractivity contribution < 1.29 is 0 Å². The normalized spacial score (nSPS) is 13.9. The summed E-state index contributed by atoms with van der Waals surface area (Å²) < 4.78 is 2.39. The van der Waals surface area contributed by atoms with E-state index in [1.54, 1.807) is 0 Å².